The summed E-state index contributed by atoms with van der Waals surface area (Å²) in [4.78, 5) is 0. The van der Waals surface area contributed by atoms with Gasteiger partial charge in [0.25, 0.3) is 0 Å². The number of sulfonamides is 1. The highest BCUT2D eigenvalue weighted by molar-refractivity contribution is 7.89. The third kappa shape index (κ3) is 5.36. The van der Waals surface area contributed by atoms with Gasteiger partial charge in [0.05, 0.1) is 0 Å². The lowest BCUT2D eigenvalue weighted by atomic mass is 9.96. The summed E-state index contributed by atoms with van der Waals surface area (Å²) < 4.78 is 59.9. The van der Waals surface area contributed by atoms with Crippen molar-refractivity contribution in [2.24, 2.45) is 0 Å². The Morgan fingerprint density at radius 2 is 1.67 bits per heavy atom. The molecule has 0 aromatic carbocycles. The first kappa shape index (κ1) is 12.8. The van der Waals surface area contributed by atoms with E-state index in [9.17, 15) is 21.6 Å². The quantitative estimate of drug-likeness (QED) is 0.824. The normalized spacial score (nSPS) is 20.5. The van der Waals surface area contributed by atoms with Crippen molar-refractivity contribution in [1.29, 1.82) is 0 Å². The van der Waals surface area contributed by atoms with E-state index in [0.717, 1.165) is 19.3 Å². The van der Waals surface area contributed by atoms with Crippen LogP contribution < -0.4 is 4.72 Å². The van der Waals surface area contributed by atoms with E-state index in [4.69, 9.17) is 0 Å². The summed E-state index contributed by atoms with van der Waals surface area (Å²) in [7, 11) is -4.21. The second-order valence-corrected chi connectivity index (χ2v) is 5.58. The molecule has 0 saturated heterocycles. The van der Waals surface area contributed by atoms with Gasteiger partial charge in [0.15, 0.2) is 5.75 Å². The maximum absolute atomic E-state index is 11.9. The van der Waals surface area contributed by atoms with Crippen molar-refractivity contribution >= 4 is 10.0 Å². The molecular formula is C8H14F3NO2S. The number of hydrogen-bond donors (Lipinski definition) is 1. The van der Waals surface area contributed by atoms with E-state index >= 15 is 0 Å². The van der Waals surface area contributed by atoms with Gasteiger partial charge in [-0.15, -0.1) is 0 Å². The molecule has 1 aliphatic rings. The highest BCUT2D eigenvalue weighted by atomic mass is 32.2. The Morgan fingerprint density at radius 3 is 2.13 bits per heavy atom. The highest BCUT2D eigenvalue weighted by Gasteiger charge is 2.36. The number of nitrogens with one attached hydrogen (secondary N) is 1. The number of rotatable bonds is 3. The summed E-state index contributed by atoms with van der Waals surface area (Å²) >= 11 is 0. The van der Waals surface area contributed by atoms with Crippen LogP contribution in [0.25, 0.3) is 0 Å². The molecule has 90 valence electrons. The topological polar surface area (TPSA) is 46.2 Å². The van der Waals surface area contributed by atoms with E-state index in [0.29, 0.717) is 12.8 Å². The molecule has 0 aromatic rings. The van der Waals surface area contributed by atoms with Crippen molar-refractivity contribution in [3.63, 3.8) is 0 Å². The molecule has 0 unspecified atom stereocenters. The van der Waals surface area contributed by atoms with E-state index < -0.39 is 22.0 Å². The number of alkyl halides is 3. The second kappa shape index (κ2) is 4.69. The molecule has 0 aliphatic heterocycles. The van der Waals surface area contributed by atoms with E-state index in [1.54, 1.807) is 0 Å². The monoisotopic (exact) mass is 245 g/mol. The third-order valence-electron chi connectivity index (χ3n) is 2.31. The number of hydrogen-bond acceptors (Lipinski definition) is 2. The Kier molecular flexibility index (Phi) is 3.99. The minimum atomic E-state index is -4.67. The molecule has 7 heteroatoms. The van der Waals surface area contributed by atoms with E-state index in [-0.39, 0.29) is 6.04 Å². The van der Waals surface area contributed by atoms with E-state index in [1.807, 2.05) is 0 Å². The lowest BCUT2D eigenvalue weighted by Crippen LogP contribution is -2.40. The van der Waals surface area contributed by atoms with Crippen molar-refractivity contribution in [1.82, 2.24) is 4.72 Å². The second-order valence-electron chi connectivity index (χ2n) is 3.83. The minimum absolute atomic E-state index is 0.314. The first-order valence-corrected chi connectivity index (χ1v) is 6.50. The maximum atomic E-state index is 11.9. The van der Waals surface area contributed by atoms with Gasteiger partial charge in [-0.1, -0.05) is 19.3 Å². The summed E-state index contributed by atoms with van der Waals surface area (Å²) in [6.07, 6.45) is -0.620. The van der Waals surface area contributed by atoms with Gasteiger partial charge in [0.2, 0.25) is 10.0 Å². The van der Waals surface area contributed by atoms with Gasteiger partial charge in [-0.2, -0.15) is 13.2 Å². The van der Waals surface area contributed by atoms with Crippen LogP contribution in [0.15, 0.2) is 0 Å². The molecule has 15 heavy (non-hydrogen) atoms. The van der Waals surface area contributed by atoms with Crippen LogP contribution in [-0.2, 0) is 10.0 Å². The van der Waals surface area contributed by atoms with Crippen LogP contribution in [0.3, 0.4) is 0 Å². The maximum Gasteiger partial charge on any atom is 0.404 e. The average molecular weight is 245 g/mol. The first-order chi connectivity index (χ1) is 6.79. The molecule has 0 bridgehead atoms. The summed E-state index contributed by atoms with van der Waals surface area (Å²) in [6, 6.07) is -0.314. The van der Waals surface area contributed by atoms with Gasteiger partial charge in [0, 0.05) is 6.04 Å². The van der Waals surface area contributed by atoms with Crippen molar-refractivity contribution < 1.29 is 21.6 Å². The Labute approximate surface area is 87.1 Å². The van der Waals surface area contributed by atoms with Gasteiger partial charge in [-0.25, -0.2) is 13.1 Å². The fourth-order valence-electron chi connectivity index (χ4n) is 1.73. The van der Waals surface area contributed by atoms with Crippen LogP contribution in [0.4, 0.5) is 13.2 Å². The van der Waals surface area contributed by atoms with Gasteiger partial charge < -0.3 is 0 Å². The molecule has 1 N–H and O–H groups in total. The predicted molar refractivity (Wildman–Crippen MR) is 49.9 cm³/mol. The summed E-state index contributed by atoms with van der Waals surface area (Å²) in [5.41, 5.74) is 0. The van der Waals surface area contributed by atoms with Crippen LogP contribution in [-0.4, -0.2) is 26.4 Å². The Bertz CT molecular complexity index is 293. The van der Waals surface area contributed by atoms with Crippen molar-refractivity contribution in [2.75, 3.05) is 5.75 Å². The molecule has 0 spiro atoms. The molecule has 1 rings (SSSR count). The van der Waals surface area contributed by atoms with Crippen LogP contribution in [0.2, 0.25) is 0 Å². The van der Waals surface area contributed by atoms with Crippen molar-refractivity contribution in [2.45, 2.75) is 44.3 Å². The average Bonchev–Trinajstić information content (AvgIpc) is 1.99. The Hall–Kier alpha value is -0.300. The lowest BCUT2D eigenvalue weighted by Gasteiger charge is -2.22. The van der Waals surface area contributed by atoms with Crippen LogP contribution in [0.5, 0.6) is 0 Å². The molecule has 0 heterocycles. The Morgan fingerprint density at radius 1 is 1.13 bits per heavy atom. The fourth-order valence-corrected chi connectivity index (χ4v) is 2.99. The standard InChI is InChI=1S/C8H14F3NO2S/c9-8(10,11)6-15(13,14)12-7-4-2-1-3-5-7/h7,12H,1-6H2. The molecule has 0 aromatic heterocycles. The molecular weight excluding hydrogens is 231 g/mol. The molecule has 0 radical (unpaired) electrons. The van der Waals surface area contributed by atoms with Crippen LogP contribution in [0.1, 0.15) is 32.1 Å². The van der Waals surface area contributed by atoms with Gasteiger partial charge >= 0.3 is 6.18 Å². The van der Waals surface area contributed by atoms with Gasteiger partial charge in [0.1, 0.15) is 0 Å². The number of halogens is 3. The van der Waals surface area contributed by atoms with E-state index in [1.165, 1.54) is 0 Å². The first-order valence-electron chi connectivity index (χ1n) is 4.85. The lowest BCUT2D eigenvalue weighted by molar-refractivity contribution is -0.106. The molecule has 1 fully saturated rings. The zero-order valence-corrected chi connectivity index (χ0v) is 9.00. The van der Waals surface area contributed by atoms with E-state index in [2.05, 4.69) is 4.72 Å². The van der Waals surface area contributed by atoms with Gasteiger partial charge in [-0.05, 0) is 12.8 Å². The summed E-state index contributed by atoms with van der Waals surface area (Å²) in [6.45, 7) is 0. The molecule has 1 saturated carbocycles. The van der Waals surface area contributed by atoms with Crippen molar-refractivity contribution in [3.05, 3.63) is 0 Å². The molecule has 0 atom stereocenters. The third-order valence-corrected chi connectivity index (χ3v) is 3.70. The smallest absolute Gasteiger partial charge is 0.212 e. The van der Waals surface area contributed by atoms with Gasteiger partial charge in [-0.3, -0.25) is 0 Å². The molecule has 3 nitrogen and oxygen atoms in total. The fraction of sp³-hybridized carbons (Fsp3) is 1.00. The molecule has 0 amide bonds. The minimum Gasteiger partial charge on any atom is -0.212 e. The molecule has 1 aliphatic carbocycles. The Balaban J connectivity index is 2.48. The van der Waals surface area contributed by atoms with Crippen LogP contribution >= 0.6 is 0 Å². The predicted octanol–water partition coefficient (Wildman–Crippen LogP) is 1.80. The highest BCUT2D eigenvalue weighted by Crippen LogP contribution is 2.20. The SMILES string of the molecule is O=S(=O)(CC(F)(F)F)NC1CCCCC1. The zero-order valence-electron chi connectivity index (χ0n) is 8.18. The van der Waals surface area contributed by atoms with Crippen LogP contribution in [0, 0.1) is 0 Å². The van der Waals surface area contributed by atoms with Crippen molar-refractivity contribution in [3.8, 4) is 0 Å². The largest absolute Gasteiger partial charge is 0.404 e. The zero-order chi connectivity index (χ0) is 11.5. The summed E-state index contributed by atoms with van der Waals surface area (Å²) in [5, 5.41) is 0. The summed E-state index contributed by atoms with van der Waals surface area (Å²) in [5.74, 6) is -1.78.